The van der Waals surface area contributed by atoms with Crippen molar-refractivity contribution in [1.29, 1.82) is 0 Å². The normalized spacial score (nSPS) is 13.6. The first-order valence-electron chi connectivity index (χ1n) is 4.21. The van der Waals surface area contributed by atoms with Crippen LogP contribution in [0.1, 0.15) is 17.5 Å². The molecule has 2 rings (SSSR count). The Balaban J connectivity index is 2.35. The zero-order valence-corrected chi connectivity index (χ0v) is 7.33. The number of carboxylic acid groups (broad SMARTS) is 1. The standard InChI is InChI=1S/C10H8FNO2/c11-7-2-1-6-5-12-9(4-10(13)14)8(6)3-7/h1-3H,4-5H2,(H,13,14). The van der Waals surface area contributed by atoms with Gasteiger partial charge in [-0.25, -0.2) is 4.39 Å². The van der Waals surface area contributed by atoms with Gasteiger partial charge in [-0.3, -0.25) is 9.79 Å². The highest BCUT2D eigenvalue weighted by atomic mass is 19.1. The highest BCUT2D eigenvalue weighted by Gasteiger charge is 2.18. The predicted octanol–water partition coefficient (Wildman–Crippen LogP) is 1.60. The molecule has 1 heterocycles. The molecule has 0 amide bonds. The van der Waals surface area contributed by atoms with Gasteiger partial charge in [0, 0.05) is 5.56 Å². The maximum atomic E-state index is 12.9. The number of hydrogen-bond acceptors (Lipinski definition) is 2. The van der Waals surface area contributed by atoms with E-state index in [1.54, 1.807) is 6.07 Å². The summed E-state index contributed by atoms with van der Waals surface area (Å²) in [4.78, 5) is 14.5. The van der Waals surface area contributed by atoms with Gasteiger partial charge >= 0.3 is 5.97 Å². The van der Waals surface area contributed by atoms with Gasteiger partial charge in [-0.15, -0.1) is 0 Å². The van der Waals surface area contributed by atoms with Crippen LogP contribution >= 0.6 is 0 Å². The third-order valence-corrected chi connectivity index (χ3v) is 2.14. The van der Waals surface area contributed by atoms with Gasteiger partial charge in [0.15, 0.2) is 0 Å². The van der Waals surface area contributed by atoms with Crippen LogP contribution in [-0.2, 0) is 11.3 Å². The molecule has 72 valence electrons. The van der Waals surface area contributed by atoms with Gasteiger partial charge in [0.25, 0.3) is 0 Å². The number of hydrogen-bond donors (Lipinski definition) is 1. The average Bonchev–Trinajstić information content (AvgIpc) is 2.47. The average molecular weight is 193 g/mol. The van der Waals surface area contributed by atoms with Gasteiger partial charge in [-0.05, 0) is 17.7 Å². The minimum Gasteiger partial charge on any atom is -0.481 e. The molecule has 0 saturated carbocycles. The Morgan fingerprint density at radius 2 is 2.36 bits per heavy atom. The summed E-state index contributed by atoms with van der Waals surface area (Å²) in [6.07, 6.45) is -0.142. The molecule has 0 aromatic heterocycles. The molecule has 0 bridgehead atoms. The van der Waals surface area contributed by atoms with Crippen molar-refractivity contribution in [2.45, 2.75) is 13.0 Å². The van der Waals surface area contributed by atoms with Crippen LogP contribution in [-0.4, -0.2) is 16.8 Å². The maximum absolute atomic E-state index is 12.9. The summed E-state index contributed by atoms with van der Waals surface area (Å²) in [7, 11) is 0. The van der Waals surface area contributed by atoms with Crippen LogP contribution in [0.3, 0.4) is 0 Å². The van der Waals surface area contributed by atoms with Gasteiger partial charge in [0.05, 0.1) is 18.7 Å². The van der Waals surface area contributed by atoms with E-state index in [9.17, 15) is 9.18 Å². The molecule has 0 fully saturated rings. The van der Waals surface area contributed by atoms with Crippen molar-refractivity contribution >= 4 is 11.7 Å². The first kappa shape index (κ1) is 8.87. The molecule has 0 spiro atoms. The zero-order chi connectivity index (χ0) is 10.1. The lowest BCUT2D eigenvalue weighted by Gasteiger charge is -2.00. The number of carbonyl (C=O) groups is 1. The van der Waals surface area contributed by atoms with Crippen LogP contribution in [0.4, 0.5) is 4.39 Å². The molecule has 3 nitrogen and oxygen atoms in total. The fourth-order valence-corrected chi connectivity index (χ4v) is 1.52. The summed E-state index contributed by atoms with van der Waals surface area (Å²) >= 11 is 0. The summed E-state index contributed by atoms with van der Waals surface area (Å²) in [5, 5.41) is 8.59. The second-order valence-electron chi connectivity index (χ2n) is 3.13. The number of carboxylic acids is 1. The van der Waals surface area contributed by atoms with Crippen LogP contribution in [0.5, 0.6) is 0 Å². The minimum atomic E-state index is -0.944. The first-order chi connectivity index (χ1) is 6.66. The second-order valence-corrected chi connectivity index (χ2v) is 3.13. The third kappa shape index (κ3) is 1.51. The molecule has 1 aliphatic heterocycles. The van der Waals surface area contributed by atoms with Gasteiger partial charge in [-0.1, -0.05) is 6.07 Å². The smallest absolute Gasteiger partial charge is 0.309 e. The Morgan fingerprint density at radius 3 is 3.07 bits per heavy atom. The largest absolute Gasteiger partial charge is 0.481 e. The number of rotatable bonds is 2. The van der Waals surface area contributed by atoms with Crippen LogP contribution in [0, 0.1) is 5.82 Å². The van der Waals surface area contributed by atoms with Crippen molar-refractivity contribution in [1.82, 2.24) is 0 Å². The Hall–Kier alpha value is -1.71. The first-order valence-corrected chi connectivity index (χ1v) is 4.21. The predicted molar refractivity (Wildman–Crippen MR) is 48.9 cm³/mol. The number of aliphatic imine (C=N–C) groups is 1. The van der Waals surface area contributed by atoms with Crippen LogP contribution in [0.25, 0.3) is 0 Å². The molecule has 1 N–H and O–H groups in total. The van der Waals surface area contributed by atoms with Crippen molar-refractivity contribution in [2.75, 3.05) is 0 Å². The molecule has 0 atom stereocenters. The number of nitrogens with zero attached hydrogens (tertiary/aromatic N) is 1. The van der Waals surface area contributed by atoms with Crippen molar-refractivity contribution in [3.05, 3.63) is 35.1 Å². The Bertz CT molecular complexity index is 426. The topological polar surface area (TPSA) is 49.7 Å². The molecule has 1 aromatic carbocycles. The van der Waals surface area contributed by atoms with Gasteiger partial charge < -0.3 is 5.11 Å². The van der Waals surface area contributed by atoms with Gasteiger partial charge in [0.1, 0.15) is 5.82 Å². The summed E-state index contributed by atoms with van der Waals surface area (Å²) in [6.45, 7) is 0.457. The molecular formula is C10H8FNO2. The SMILES string of the molecule is O=C(O)CC1=NCc2ccc(F)cc21. The maximum Gasteiger partial charge on any atom is 0.309 e. The zero-order valence-electron chi connectivity index (χ0n) is 7.33. The van der Waals surface area contributed by atoms with E-state index in [2.05, 4.69) is 4.99 Å². The molecule has 14 heavy (non-hydrogen) atoms. The molecule has 1 aliphatic rings. The van der Waals surface area contributed by atoms with E-state index in [0.29, 0.717) is 17.8 Å². The Kier molecular flexibility index (Phi) is 2.04. The van der Waals surface area contributed by atoms with E-state index in [0.717, 1.165) is 5.56 Å². The Morgan fingerprint density at radius 1 is 1.57 bits per heavy atom. The lowest BCUT2D eigenvalue weighted by atomic mass is 10.0. The Labute approximate surface area is 79.9 Å². The molecular weight excluding hydrogens is 185 g/mol. The fraction of sp³-hybridized carbons (Fsp3) is 0.200. The molecule has 4 heteroatoms. The summed E-state index contributed by atoms with van der Waals surface area (Å²) in [5.74, 6) is -1.30. The third-order valence-electron chi connectivity index (χ3n) is 2.14. The van der Waals surface area contributed by atoms with Crippen molar-refractivity contribution in [3.63, 3.8) is 0 Å². The van der Waals surface area contributed by atoms with Crippen LogP contribution in [0.15, 0.2) is 23.2 Å². The number of halogens is 1. The monoisotopic (exact) mass is 193 g/mol. The molecule has 1 aromatic rings. The highest BCUT2D eigenvalue weighted by Crippen LogP contribution is 2.21. The molecule has 0 unspecified atom stereocenters. The van der Waals surface area contributed by atoms with E-state index in [1.165, 1.54) is 12.1 Å². The summed E-state index contributed by atoms with van der Waals surface area (Å²) in [5.41, 5.74) is 1.99. The van der Waals surface area contributed by atoms with Crippen molar-refractivity contribution in [2.24, 2.45) is 4.99 Å². The quantitative estimate of drug-likeness (QED) is 0.775. The van der Waals surface area contributed by atoms with Crippen LogP contribution < -0.4 is 0 Å². The number of aliphatic carboxylic acids is 1. The van der Waals surface area contributed by atoms with Crippen LogP contribution in [0.2, 0.25) is 0 Å². The van der Waals surface area contributed by atoms with Gasteiger partial charge in [-0.2, -0.15) is 0 Å². The number of benzene rings is 1. The fourth-order valence-electron chi connectivity index (χ4n) is 1.52. The van der Waals surface area contributed by atoms with E-state index in [4.69, 9.17) is 5.11 Å². The summed E-state index contributed by atoms with van der Waals surface area (Å²) in [6, 6.07) is 4.34. The van der Waals surface area contributed by atoms with E-state index in [-0.39, 0.29) is 12.2 Å². The van der Waals surface area contributed by atoms with E-state index < -0.39 is 5.97 Å². The van der Waals surface area contributed by atoms with Crippen molar-refractivity contribution in [3.8, 4) is 0 Å². The van der Waals surface area contributed by atoms with E-state index in [1.807, 2.05) is 0 Å². The minimum absolute atomic E-state index is 0.142. The second kappa shape index (κ2) is 3.21. The highest BCUT2D eigenvalue weighted by molar-refractivity contribution is 6.11. The lowest BCUT2D eigenvalue weighted by Crippen LogP contribution is -2.06. The molecule has 0 aliphatic carbocycles. The summed E-state index contributed by atoms with van der Waals surface area (Å²) < 4.78 is 12.9. The van der Waals surface area contributed by atoms with E-state index >= 15 is 0 Å². The molecule has 0 radical (unpaired) electrons. The number of fused-ring (bicyclic) bond motifs is 1. The van der Waals surface area contributed by atoms with Crippen molar-refractivity contribution < 1.29 is 14.3 Å². The molecule has 0 saturated heterocycles. The van der Waals surface area contributed by atoms with Gasteiger partial charge in [0.2, 0.25) is 0 Å². The lowest BCUT2D eigenvalue weighted by molar-refractivity contribution is -0.135.